The first-order valence-corrected chi connectivity index (χ1v) is 8.13. The van der Waals surface area contributed by atoms with Crippen molar-refractivity contribution in [3.63, 3.8) is 0 Å². The van der Waals surface area contributed by atoms with Gasteiger partial charge < -0.3 is 10.2 Å². The maximum Gasteiger partial charge on any atom is 0.249 e. The molecule has 1 aliphatic heterocycles. The van der Waals surface area contributed by atoms with Gasteiger partial charge in [0.2, 0.25) is 5.95 Å². The number of nitrogens with zero attached hydrogens (tertiary/aromatic N) is 4. The number of benzene rings is 1. The van der Waals surface area contributed by atoms with Crippen LogP contribution in [0.5, 0.6) is 0 Å². The second-order valence-corrected chi connectivity index (χ2v) is 5.96. The Labute approximate surface area is 135 Å². The lowest BCUT2D eigenvalue weighted by Crippen LogP contribution is -2.39. The van der Waals surface area contributed by atoms with Gasteiger partial charge in [-0.15, -0.1) is 5.10 Å². The van der Waals surface area contributed by atoms with E-state index in [-0.39, 0.29) is 0 Å². The molecule has 1 saturated heterocycles. The van der Waals surface area contributed by atoms with E-state index in [1.807, 2.05) is 24.3 Å². The predicted molar refractivity (Wildman–Crippen MR) is 89.8 cm³/mol. The first kappa shape index (κ1) is 15.0. The summed E-state index contributed by atoms with van der Waals surface area (Å²) in [7, 11) is 0. The van der Waals surface area contributed by atoms with Crippen LogP contribution in [0.3, 0.4) is 0 Å². The van der Waals surface area contributed by atoms with Crippen molar-refractivity contribution >= 4 is 29.1 Å². The second-order valence-electron chi connectivity index (χ2n) is 5.52. The molecule has 1 unspecified atom stereocenters. The van der Waals surface area contributed by atoms with Crippen LogP contribution in [0.25, 0.3) is 0 Å². The monoisotopic (exact) mass is 317 g/mol. The minimum Gasteiger partial charge on any atom is -0.352 e. The molecule has 0 radical (unpaired) electrons. The molecule has 1 aromatic carbocycles. The second kappa shape index (κ2) is 6.92. The summed E-state index contributed by atoms with van der Waals surface area (Å²) in [5, 5.41) is 12.0. The standard InChI is InChI=1S/C16H20ClN5/c1-2-14-5-3-4-10-22(14)15-11-18-21-16(20-15)19-13-8-6-12(17)7-9-13/h6-9,11,14H,2-5,10H2,1H3,(H,19,20,21). The molecular formula is C16H20ClN5. The number of hydrogen-bond acceptors (Lipinski definition) is 5. The van der Waals surface area contributed by atoms with Crippen molar-refractivity contribution in [1.82, 2.24) is 15.2 Å². The Hall–Kier alpha value is -1.88. The molecule has 6 heteroatoms. The van der Waals surface area contributed by atoms with E-state index >= 15 is 0 Å². The summed E-state index contributed by atoms with van der Waals surface area (Å²) >= 11 is 5.90. The van der Waals surface area contributed by atoms with E-state index in [1.165, 1.54) is 19.3 Å². The van der Waals surface area contributed by atoms with Gasteiger partial charge in [0.25, 0.3) is 0 Å². The average molecular weight is 318 g/mol. The smallest absolute Gasteiger partial charge is 0.249 e. The molecule has 0 saturated carbocycles. The Morgan fingerprint density at radius 3 is 2.86 bits per heavy atom. The minimum atomic E-state index is 0.514. The largest absolute Gasteiger partial charge is 0.352 e. The quantitative estimate of drug-likeness (QED) is 0.922. The Morgan fingerprint density at radius 2 is 2.09 bits per heavy atom. The van der Waals surface area contributed by atoms with Crippen molar-refractivity contribution in [2.24, 2.45) is 0 Å². The van der Waals surface area contributed by atoms with E-state index in [9.17, 15) is 0 Å². The number of rotatable bonds is 4. The van der Waals surface area contributed by atoms with E-state index in [1.54, 1.807) is 6.20 Å². The van der Waals surface area contributed by atoms with E-state index < -0.39 is 0 Å². The average Bonchev–Trinajstić information content (AvgIpc) is 2.57. The predicted octanol–water partition coefficient (Wildman–Crippen LogP) is 4.04. The number of nitrogens with one attached hydrogen (secondary N) is 1. The zero-order chi connectivity index (χ0) is 15.4. The van der Waals surface area contributed by atoms with Crippen LogP contribution >= 0.6 is 11.6 Å². The van der Waals surface area contributed by atoms with Gasteiger partial charge in [-0.1, -0.05) is 18.5 Å². The molecule has 1 aromatic heterocycles. The summed E-state index contributed by atoms with van der Waals surface area (Å²) in [5.74, 6) is 1.42. The Balaban J connectivity index is 1.78. The molecule has 2 heterocycles. The van der Waals surface area contributed by atoms with Gasteiger partial charge >= 0.3 is 0 Å². The Bertz CT molecular complexity index is 616. The maximum atomic E-state index is 5.90. The summed E-state index contributed by atoms with van der Waals surface area (Å²) in [6.07, 6.45) is 6.61. The van der Waals surface area contributed by atoms with Gasteiger partial charge in [-0.05, 0) is 49.9 Å². The van der Waals surface area contributed by atoms with Crippen molar-refractivity contribution in [3.8, 4) is 0 Å². The molecule has 116 valence electrons. The van der Waals surface area contributed by atoms with Gasteiger partial charge in [0, 0.05) is 23.3 Å². The van der Waals surface area contributed by atoms with Crippen LogP contribution in [0.1, 0.15) is 32.6 Å². The Morgan fingerprint density at radius 1 is 1.27 bits per heavy atom. The highest BCUT2D eigenvalue weighted by Crippen LogP contribution is 2.25. The zero-order valence-electron chi connectivity index (χ0n) is 12.7. The zero-order valence-corrected chi connectivity index (χ0v) is 13.4. The van der Waals surface area contributed by atoms with Crippen molar-refractivity contribution in [2.45, 2.75) is 38.6 Å². The van der Waals surface area contributed by atoms with Crippen LogP contribution in [0.2, 0.25) is 5.02 Å². The highest BCUT2D eigenvalue weighted by Gasteiger charge is 2.22. The molecule has 22 heavy (non-hydrogen) atoms. The lowest BCUT2D eigenvalue weighted by Gasteiger charge is -2.35. The van der Waals surface area contributed by atoms with E-state index in [4.69, 9.17) is 11.6 Å². The molecule has 1 N–H and O–H groups in total. The molecular weight excluding hydrogens is 298 g/mol. The molecule has 5 nitrogen and oxygen atoms in total. The lowest BCUT2D eigenvalue weighted by atomic mass is 10.0. The summed E-state index contributed by atoms with van der Waals surface area (Å²) < 4.78 is 0. The third kappa shape index (κ3) is 3.47. The van der Waals surface area contributed by atoms with Crippen LogP contribution in [0.4, 0.5) is 17.5 Å². The number of hydrogen-bond donors (Lipinski definition) is 1. The van der Waals surface area contributed by atoms with Crippen molar-refractivity contribution in [2.75, 3.05) is 16.8 Å². The topological polar surface area (TPSA) is 53.9 Å². The molecule has 1 aliphatic rings. The molecule has 3 rings (SSSR count). The van der Waals surface area contributed by atoms with Gasteiger partial charge in [-0.3, -0.25) is 0 Å². The molecule has 0 spiro atoms. The molecule has 2 aromatic rings. The number of piperidine rings is 1. The van der Waals surface area contributed by atoms with E-state index in [0.29, 0.717) is 17.0 Å². The highest BCUT2D eigenvalue weighted by atomic mass is 35.5. The van der Waals surface area contributed by atoms with Crippen LogP contribution in [-0.2, 0) is 0 Å². The van der Waals surface area contributed by atoms with E-state index in [0.717, 1.165) is 24.5 Å². The van der Waals surface area contributed by atoms with Crippen LogP contribution in [0, 0.1) is 0 Å². The fourth-order valence-electron chi connectivity index (χ4n) is 2.88. The number of aromatic nitrogens is 3. The minimum absolute atomic E-state index is 0.514. The van der Waals surface area contributed by atoms with Gasteiger partial charge in [-0.25, -0.2) is 0 Å². The van der Waals surface area contributed by atoms with Crippen molar-refractivity contribution < 1.29 is 0 Å². The van der Waals surface area contributed by atoms with Crippen LogP contribution in [-0.4, -0.2) is 27.8 Å². The first-order valence-electron chi connectivity index (χ1n) is 7.75. The summed E-state index contributed by atoms with van der Waals surface area (Å²) in [5.41, 5.74) is 0.897. The SMILES string of the molecule is CCC1CCCCN1c1cnnc(Nc2ccc(Cl)cc2)n1. The van der Waals surface area contributed by atoms with Crippen molar-refractivity contribution in [3.05, 3.63) is 35.5 Å². The normalized spacial score (nSPS) is 18.3. The van der Waals surface area contributed by atoms with E-state index in [2.05, 4.69) is 32.3 Å². The third-order valence-corrected chi connectivity index (χ3v) is 4.29. The highest BCUT2D eigenvalue weighted by molar-refractivity contribution is 6.30. The number of anilines is 3. The molecule has 0 amide bonds. The van der Waals surface area contributed by atoms with Gasteiger partial charge in [-0.2, -0.15) is 10.1 Å². The van der Waals surface area contributed by atoms with Crippen LogP contribution in [0.15, 0.2) is 30.5 Å². The van der Waals surface area contributed by atoms with Gasteiger partial charge in [0.1, 0.15) is 0 Å². The third-order valence-electron chi connectivity index (χ3n) is 4.04. The molecule has 1 atom stereocenters. The Kier molecular flexibility index (Phi) is 4.73. The van der Waals surface area contributed by atoms with Crippen LogP contribution < -0.4 is 10.2 Å². The maximum absolute atomic E-state index is 5.90. The fourth-order valence-corrected chi connectivity index (χ4v) is 3.00. The van der Waals surface area contributed by atoms with Crippen molar-refractivity contribution in [1.29, 1.82) is 0 Å². The molecule has 1 fully saturated rings. The van der Waals surface area contributed by atoms with Gasteiger partial charge in [0.15, 0.2) is 5.82 Å². The summed E-state index contributed by atoms with van der Waals surface area (Å²) in [6.45, 7) is 3.27. The molecule has 0 aliphatic carbocycles. The number of halogens is 1. The molecule has 0 bridgehead atoms. The summed E-state index contributed by atoms with van der Waals surface area (Å²) in [6, 6.07) is 8.01. The fraction of sp³-hybridized carbons (Fsp3) is 0.438. The first-order chi connectivity index (χ1) is 10.8. The summed E-state index contributed by atoms with van der Waals surface area (Å²) in [4.78, 5) is 6.97. The lowest BCUT2D eigenvalue weighted by molar-refractivity contribution is 0.446. The van der Waals surface area contributed by atoms with Gasteiger partial charge in [0.05, 0.1) is 6.20 Å².